The number of nitrogens with one attached hydrogen (secondary N) is 1. The Morgan fingerprint density at radius 3 is 2.39 bits per heavy atom. The van der Waals surface area contributed by atoms with E-state index in [9.17, 15) is 14.0 Å². The van der Waals surface area contributed by atoms with E-state index in [0.717, 1.165) is 5.56 Å². The first-order chi connectivity index (χ1) is 8.32. The molecule has 98 valence electrons. The van der Waals surface area contributed by atoms with Gasteiger partial charge in [0.15, 0.2) is 0 Å². The number of carboxylic acids is 1. The van der Waals surface area contributed by atoms with Crippen LogP contribution in [0.15, 0.2) is 18.2 Å². The summed E-state index contributed by atoms with van der Waals surface area (Å²) in [5, 5.41) is 11.2. The molecule has 0 aliphatic rings. The fourth-order valence-electron chi connectivity index (χ4n) is 1.41. The molecule has 0 aromatic heterocycles. The highest BCUT2D eigenvalue weighted by molar-refractivity contribution is 5.94. The third-order valence-corrected chi connectivity index (χ3v) is 2.94. The Labute approximate surface area is 105 Å². The average Bonchev–Trinajstić information content (AvgIpc) is 2.30. The molecule has 0 spiro atoms. The highest BCUT2D eigenvalue weighted by atomic mass is 19.1. The topological polar surface area (TPSA) is 66.4 Å². The maximum atomic E-state index is 13.5. The van der Waals surface area contributed by atoms with E-state index in [1.165, 1.54) is 26.0 Å². The summed E-state index contributed by atoms with van der Waals surface area (Å²) in [6, 6.07) is 4.44. The van der Waals surface area contributed by atoms with Gasteiger partial charge in [-0.1, -0.05) is 19.9 Å². The number of hydrogen-bond donors (Lipinski definition) is 2. The smallest absolute Gasteiger partial charge is 0.307 e. The van der Waals surface area contributed by atoms with E-state index in [1.807, 2.05) is 0 Å². The van der Waals surface area contributed by atoms with Crippen molar-refractivity contribution in [3.63, 3.8) is 0 Å². The number of hydrogen-bond acceptors (Lipinski definition) is 2. The highest BCUT2D eigenvalue weighted by Crippen LogP contribution is 2.18. The lowest BCUT2D eigenvalue weighted by atomic mass is 9.95. The van der Waals surface area contributed by atoms with Crippen LogP contribution in [0, 0.1) is 24.6 Å². The molecule has 2 N–H and O–H groups in total. The van der Waals surface area contributed by atoms with Crippen molar-refractivity contribution in [2.45, 2.75) is 20.8 Å². The van der Waals surface area contributed by atoms with Gasteiger partial charge >= 0.3 is 5.97 Å². The number of aliphatic carboxylic acids is 1. The van der Waals surface area contributed by atoms with Crippen LogP contribution in [0.3, 0.4) is 0 Å². The molecule has 0 saturated carbocycles. The first-order valence-corrected chi connectivity index (χ1v) is 5.62. The molecule has 0 fully saturated rings. The summed E-state index contributed by atoms with van der Waals surface area (Å²) in [6.07, 6.45) is 0. The van der Waals surface area contributed by atoms with Crippen LogP contribution in [-0.2, 0) is 9.59 Å². The van der Waals surface area contributed by atoms with Crippen LogP contribution in [0.1, 0.15) is 19.4 Å². The molecular formula is C13H16FNO3. The number of carbonyl (C=O) groups excluding carboxylic acids is 1. The third kappa shape index (κ3) is 3.29. The van der Waals surface area contributed by atoms with Crippen molar-refractivity contribution >= 4 is 17.6 Å². The van der Waals surface area contributed by atoms with Gasteiger partial charge in [0.1, 0.15) is 5.82 Å². The number of benzene rings is 1. The molecule has 1 amide bonds. The van der Waals surface area contributed by atoms with E-state index >= 15 is 0 Å². The van der Waals surface area contributed by atoms with Crippen molar-refractivity contribution in [1.29, 1.82) is 0 Å². The van der Waals surface area contributed by atoms with Gasteiger partial charge in [0.2, 0.25) is 5.91 Å². The summed E-state index contributed by atoms with van der Waals surface area (Å²) < 4.78 is 13.5. The van der Waals surface area contributed by atoms with Crippen molar-refractivity contribution < 1.29 is 19.1 Å². The van der Waals surface area contributed by atoms with Gasteiger partial charge in [-0.15, -0.1) is 0 Å². The molecule has 2 atom stereocenters. The number of amides is 1. The van der Waals surface area contributed by atoms with Gasteiger partial charge in [-0.25, -0.2) is 4.39 Å². The van der Waals surface area contributed by atoms with E-state index in [0.29, 0.717) is 0 Å². The fourth-order valence-corrected chi connectivity index (χ4v) is 1.41. The molecule has 1 aromatic rings. The summed E-state index contributed by atoms with van der Waals surface area (Å²) in [5.74, 6) is -3.64. The summed E-state index contributed by atoms with van der Waals surface area (Å²) in [7, 11) is 0. The highest BCUT2D eigenvalue weighted by Gasteiger charge is 2.26. The number of aryl methyl sites for hydroxylation is 1. The quantitative estimate of drug-likeness (QED) is 0.866. The molecular weight excluding hydrogens is 237 g/mol. The molecule has 0 aliphatic heterocycles. The van der Waals surface area contributed by atoms with Crippen LogP contribution in [0.5, 0.6) is 0 Å². The molecule has 1 aromatic carbocycles. The van der Waals surface area contributed by atoms with Crippen LogP contribution in [0.25, 0.3) is 0 Å². The van der Waals surface area contributed by atoms with E-state index < -0.39 is 29.5 Å². The lowest BCUT2D eigenvalue weighted by molar-refractivity contribution is -0.145. The van der Waals surface area contributed by atoms with E-state index in [-0.39, 0.29) is 5.69 Å². The van der Waals surface area contributed by atoms with Gasteiger partial charge in [-0.3, -0.25) is 9.59 Å². The average molecular weight is 253 g/mol. The maximum Gasteiger partial charge on any atom is 0.307 e. The lowest BCUT2D eigenvalue weighted by Crippen LogP contribution is -2.30. The Kier molecular flexibility index (Phi) is 4.42. The molecule has 0 heterocycles. The fraction of sp³-hybridized carbons (Fsp3) is 0.385. The third-order valence-electron chi connectivity index (χ3n) is 2.94. The van der Waals surface area contributed by atoms with Gasteiger partial charge in [-0.2, -0.15) is 0 Å². The second kappa shape index (κ2) is 5.62. The van der Waals surface area contributed by atoms with Crippen molar-refractivity contribution in [2.24, 2.45) is 11.8 Å². The standard InChI is InChI=1S/C13H16FNO3/c1-7-4-5-11(10(14)6-7)15-12(16)8(2)9(3)13(17)18/h4-6,8-9H,1-3H3,(H,15,16)(H,17,18). The molecule has 18 heavy (non-hydrogen) atoms. The second-order valence-corrected chi connectivity index (χ2v) is 4.39. The zero-order chi connectivity index (χ0) is 13.9. The molecule has 0 radical (unpaired) electrons. The van der Waals surface area contributed by atoms with E-state index in [2.05, 4.69) is 5.32 Å². The zero-order valence-electron chi connectivity index (χ0n) is 10.5. The predicted octanol–water partition coefficient (Wildman–Crippen LogP) is 2.43. The summed E-state index contributed by atoms with van der Waals surface area (Å²) >= 11 is 0. The predicted molar refractivity (Wildman–Crippen MR) is 65.7 cm³/mol. The molecule has 1 rings (SSSR count). The van der Waals surface area contributed by atoms with Crippen LogP contribution >= 0.6 is 0 Å². The monoisotopic (exact) mass is 253 g/mol. The zero-order valence-corrected chi connectivity index (χ0v) is 10.5. The largest absolute Gasteiger partial charge is 0.481 e. The SMILES string of the molecule is Cc1ccc(NC(=O)C(C)C(C)C(=O)O)c(F)c1. The Bertz CT molecular complexity index is 473. The van der Waals surface area contributed by atoms with Crippen LogP contribution < -0.4 is 5.32 Å². The van der Waals surface area contributed by atoms with Crippen molar-refractivity contribution in [3.8, 4) is 0 Å². The Morgan fingerprint density at radius 2 is 1.89 bits per heavy atom. The van der Waals surface area contributed by atoms with Gasteiger partial charge in [0, 0.05) is 5.92 Å². The maximum absolute atomic E-state index is 13.5. The minimum atomic E-state index is -1.05. The van der Waals surface area contributed by atoms with Crippen LogP contribution in [-0.4, -0.2) is 17.0 Å². The van der Waals surface area contributed by atoms with Crippen LogP contribution in [0.4, 0.5) is 10.1 Å². The number of halogens is 1. The first-order valence-electron chi connectivity index (χ1n) is 5.62. The van der Waals surface area contributed by atoms with Gasteiger partial charge < -0.3 is 10.4 Å². The van der Waals surface area contributed by atoms with E-state index in [4.69, 9.17) is 5.11 Å². The van der Waals surface area contributed by atoms with Crippen molar-refractivity contribution in [2.75, 3.05) is 5.32 Å². The van der Waals surface area contributed by atoms with Gasteiger partial charge in [0.25, 0.3) is 0 Å². The molecule has 0 aliphatic carbocycles. The number of rotatable bonds is 4. The Morgan fingerprint density at radius 1 is 1.28 bits per heavy atom. The molecule has 2 unspecified atom stereocenters. The summed E-state index contributed by atoms with van der Waals surface area (Å²) in [5.41, 5.74) is 0.812. The Balaban J connectivity index is 2.78. The van der Waals surface area contributed by atoms with Crippen molar-refractivity contribution in [1.82, 2.24) is 0 Å². The van der Waals surface area contributed by atoms with Crippen molar-refractivity contribution in [3.05, 3.63) is 29.6 Å². The first kappa shape index (κ1) is 14.2. The summed E-state index contributed by atoms with van der Waals surface area (Å²) in [6.45, 7) is 4.68. The second-order valence-electron chi connectivity index (χ2n) is 4.39. The summed E-state index contributed by atoms with van der Waals surface area (Å²) in [4.78, 5) is 22.5. The normalized spacial score (nSPS) is 13.8. The van der Waals surface area contributed by atoms with Gasteiger partial charge in [0.05, 0.1) is 11.6 Å². The lowest BCUT2D eigenvalue weighted by Gasteiger charge is -2.16. The minimum absolute atomic E-state index is 0.0649. The van der Waals surface area contributed by atoms with E-state index in [1.54, 1.807) is 13.0 Å². The minimum Gasteiger partial charge on any atom is -0.481 e. The molecule has 5 heteroatoms. The molecule has 4 nitrogen and oxygen atoms in total. The molecule has 0 saturated heterocycles. The Hall–Kier alpha value is -1.91. The number of anilines is 1. The van der Waals surface area contributed by atoms with Crippen LogP contribution in [0.2, 0.25) is 0 Å². The number of carboxylic acid groups (broad SMARTS) is 1. The molecule has 0 bridgehead atoms. The number of carbonyl (C=O) groups is 2. The van der Waals surface area contributed by atoms with Gasteiger partial charge in [-0.05, 0) is 24.6 Å².